The molecule has 1 aliphatic rings. The first kappa shape index (κ1) is 7.73. The number of aliphatic imine (C=N–C) groups is 1. The van der Waals surface area contributed by atoms with Crippen LogP contribution in [0, 0.1) is 0 Å². The van der Waals surface area contributed by atoms with Crippen LogP contribution in [0.3, 0.4) is 0 Å². The van der Waals surface area contributed by atoms with Crippen molar-refractivity contribution >= 4 is 6.21 Å². The lowest BCUT2D eigenvalue weighted by Crippen LogP contribution is -2.27. The van der Waals surface area contributed by atoms with E-state index in [1.54, 1.807) is 0 Å². The second-order valence-electron chi connectivity index (χ2n) is 2.98. The number of nitrogens with two attached hydrogens (primary N) is 1. The molecule has 2 N–H and O–H groups in total. The minimum atomic E-state index is 0.448. The molecule has 0 spiro atoms. The van der Waals surface area contributed by atoms with Crippen molar-refractivity contribution in [2.24, 2.45) is 10.7 Å². The number of rotatable bonds is 1. The Balaban J connectivity index is 2.26. The highest BCUT2D eigenvalue weighted by Gasteiger charge is 2.16. The third-order valence-corrected chi connectivity index (χ3v) is 2.10. The lowest BCUT2D eigenvalue weighted by molar-refractivity contribution is 0.397. The van der Waals surface area contributed by atoms with Gasteiger partial charge in [0.15, 0.2) is 0 Å². The van der Waals surface area contributed by atoms with Gasteiger partial charge in [0.1, 0.15) is 0 Å². The molecule has 1 aliphatic carbocycles. The predicted molar refractivity (Wildman–Crippen MR) is 44.4 cm³/mol. The molecule has 2 heteroatoms. The summed E-state index contributed by atoms with van der Waals surface area (Å²) in [5.41, 5.74) is 5.74. The molecule has 2 nitrogen and oxygen atoms in total. The largest absolute Gasteiger partial charge is 0.328 e. The standard InChI is InChI=1S/C8H16N2/c1-2-10-8-5-3-7(9)4-6-8/h2,7-8H,3-6,9H2,1H3. The molecule has 0 bridgehead atoms. The first-order chi connectivity index (χ1) is 4.83. The summed E-state index contributed by atoms with van der Waals surface area (Å²) in [5.74, 6) is 0. The van der Waals surface area contributed by atoms with Gasteiger partial charge in [-0.25, -0.2) is 0 Å². The lowest BCUT2D eigenvalue weighted by atomic mass is 9.92. The van der Waals surface area contributed by atoms with Gasteiger partial charge in [-0.05, 0) is 38.8 Å². The molecule has 0 radical (unpaired) electrons. The van der Waals surface area contributed by atoms with Crippen LogP contribution in [0.2, 0.25) is 0 Å². The zero-order valence-electron chi connectivity index (χ0n) is 6.59. The molecule has 1 rings (SSSR count). The summed E-state index contributed by atoms with van der Waals surface area (Å²) in [6.45, 7) is 1.98. The Hall–Kier alpha value is -0.370. The quantitative estimate of drug-likeness (QED) is 0.548. The second-order valence-corrected chi connectivity index (χ2v) is 2.98. The fourth-order valence-corrected chi connectivity index (χ4v) is 1.46. The van der Waals surface area contributed by atoms with E-state index in [9.17, 15) is 0 Å². The van der Waals surface area contributed by atoms with Crippen molar-refractivity contribution in [1.29, 1.82) is 0 Å². The van der Waals surface area contributed by atoms with Crippen LogP contribution in [0.25, 0.3) is 0 Å². The molecule has 1 fully saturated rings. The van der Waals surface area contributed by atoms with E-state index in [1.807, 2.05) is 13.1 Å². The minimum Gasteiger partial charge on any atom is -0.328 e. The van der Waals surface area contributed by atoms with Crippen molar-refractivity contribution in [3.63, 3.8) is 0 Å². The van der Waals surface area contributed by atoms with Gasteiger partial charge in [0.2, 0.25) is 0 Å². The van der Waals surface area contributed by atoms with Crippen LogP contribution in [-0.2, 0) is 0 Å². The molecule has 0 aromatic rings. The van der Waals surface area contributed by atoms with Gasteiger partial charge in [-0.1, -0.05) is 0 Å². The van der Waals surface area contributed by atoms with E-state index < -0.39 is 0 Å². The molecule has 0 unspecified atom stereocenters. The molecule has 0 aliphatic heterocycles. The topological polar surface area (TPSA) is 38.4 Å². The van der Waals surface area contributed by atoms with Crippen LogP contribution in [0.4, 0.5) is 0 Å². The summed E-state index contributed by atoms with van der Waals surface area (Å²) in [4.78, 5) is 4.34. The summed E-state index contributed by atoms with van der Waals surface area (Å²) >= 11 is 0. The van der Waals surface area contributed by atoms with Gasteiger partial charge in [-0.15, -0.1) is 0 Å². The molecule has 58 valence electrons. The van der Waals surface area contributed by atoms with Crippen molar-refractivity contribution < 1.29 is 0 Å². The Bertz CT molecular complexity index is 112. The van der Waals surface area contributed by atoms with Gasteiger partial charge in [0.05, 0.1) is 0 Å². The van der Waals surface area contributed by atoms with Crippen LogP contribution in [0.5, 0.6) is 0 Å². The van der Waals surface area contributed by atoms with Crippen molar-refractivity contribution in [1.82, 2.24) is 0 Å². The average Bonchev–Trinajstić information content (AvgIpc) is 1.95. The normalized spacial score (nSPS) is 35.0. The van der Waals surface area contributed by atoms with Crippen molar-refractivity contribution in [3.05, 3.63) is 0 Å². The summed E-state index contributed by atoms with van der Waals surface area (Å²) in [7, 11) is 0. The molecule has 0 aromatic heterocycles. The SMILES string of the molecule is CC=NC1CCC(N)CC1. The Kier molecular flexibility index (Phi) is 2.87. The molecule has 0 saturated heterocycles. The molecule has 1 saturated carbocycles. The first-order valence-corrected chi connectivity index (χ1v) is 4.06. The molecule has 0 amide bonds. The van der Waals surface area contributed by atoms with Gasteiger partial charge >= 0.3 is 0 Å². The molecule has 0 aromatic carbocycles. The van der Waals surface area contributed by atoms with Crippen LogP contribution < -0.4 is 5.73 Å². The highest BCUT2D eigenvalue weighted by molar-refractivity contribution is 5.53. The van der Waals surface area contributed by atoms with E-state index >= 15 is 0 Å². The monoisotopic (exact) mass is 140 g/mol. The van der Waals surface area contributed by atoms with E-state index in [4.69, 9.17) is 5.73 Å². The van der Waals surface area contributed by atoms with Gasteiger partial charge < -0.3 is 5.73 Å². The summed E-state index contributed by atoms with van der Waals surface area (Å²) < 4.78 is 0. The summed E-state index contributed by atoms with van der Waals surface area (Å²) in [6.07, 6.45) is 6.59. The highest BCUT2D eigenvalue weighted by Crippen LogP contribution is 2.19. The Morgan fingerprint density at radius 2 is 1.90 bits per heavy atom. The maximum Gasteiger partial charge on any atom is 0.0496 e. The lowest BCUT2D eigenvalue weighted by Gasteiger charge is -2.22. The van der Waals surface area contributed by atoms with E-state index in [-0.39, 0.29) is 0 Å². The first-order valence-electron chi connectivity index (χ1n) is 4.06. The third-order valence-electron chi connectivity index (χ3n) is 2.10. The average molecular weight is 140 g/mol. The molecule has 0 heterocycles. The van der Waals surface area contributed by atoms with Gasteiger partial charge in [-0.2, -0.15) is 0 Å². The predicted octanol–water partition coefficient (Wildman–Crippen LogP) is 1.35. The van der Waals surface area contributed by atoms with Crippen molar-refractivity contribution in [3.8, 4) is 0 Å². The summed E-state index contributed by atoms with van der Waals surface area (Å²) in [6, 6.07) is 1.02. The smallest absolute Gasteiger partial charge is 0.0496 e. The van der Waals surface area contributed by atoms with Crippen LogP contribution in [0.1, 0.15) is 32.6 Å². The van der Waals surface area contributed by atoms with Crippen LogP contribution in [-0.4, -0.2) is 18.3 Å². The molecular weight excluding hydrogens is 124 g/mol. The van der Waals surface area contributed by atoms with Crippen LogP contribution in [0.15, 0.2) is 4.99 Å². The Morgan fingerprint density at radius 3 is 2.40 bits per heavy atom. The number of hydrogen-bond donors (Lipinski definition) is 1. The fourth-order valence-electron chi connectivity index (χ4n) is 1.46. The van der Waals surface area contributed by atoms with Crippen LogP contribution >= 0.6 is 0 Å². The third kappa shape index (κ3) is 2.10. The molecule has 0 atom stereocenters. The fraction of sp³-hybridized carbons (Fsp3) is 0.875. The molecular formula is C8H16N2. The van der Waals surface area contributed by atoms with Gasteiger partial charge in [-0.3, -0.25) is 4.99 Å². The van der Waals surface area contributed by atoms with E-state index in [0.717, 1.165) is 12.8 Å². The van der Waals surface area contributed by atoms with Crippen molar-refractivity contribution in [2.45, 2.75) is 44.7 Å². The van der Waals surface area contributed by atoms with E-state index in [1.165, 1.54) is 12.8 Å². The summed E-state index contributed by atoms with van der Waals surface area (Å²) in [5, 5.41) is 0. The maximum atomic E-state index is 5.74. The zero-order valence-corrected chi connectivity index (χ0v) is 6.59. The highest BCUT2D eigenvalue weighted by atomic mass is 14.8. The van der Waals surface area contributed by atoms with Gasteiger partial charge in [0.25, 0.3) is 0 Å². The Morgan fingerprint density at radius 1 is 1.30 bits per heavy atom. The number of hydrogen-bond acceptors (Lipinski definition) is 2. The zero-order chi connectivity index (χ0) is 7.40. The van der Waals surface area contributed by atoms with E-state index in [0.29, 0.717) is 12.1 Å². The second kappa shape index (κ2) is 3.71. The molecule has 10 heavy (non-hydrogen) atoms. The van der Waals surface area contributed by atoms with Crippen molar-refractivity contribution in [2.75, 3.05) is 0 Å². The van der Waals surface area contributed by atoms with E-state index in [2.05, 4.69) is 4.99 Å². The maximum absolute atomic E-state index is 5.74. The minimum absolute atomic E-state index is 0.448. The number of nitrogens with zero attached hydrogens (tertiary/aromatic N) is 1. The Labute approximate surface area is 62.5 Å². The van der Waals surface area contributed by atoms with Gasteiger partial charge in [0, 0.05) is 12.1 Å².